The monoisotopic (exact) mass is 243 g/mol. The lowest BCUT2D eigenvalue weighted by atomic mass is 9.97. The predicted octanol–water partition coefficient (Wildman–Crippen LogP) is 1.34. The Hall–Kier alpha value is -0.160. The van der Waals surface area contributed by atoms with Crippen LogP contribution in [0.5, 0.6) is 0 Å². The highest BCUT2D eigenvalue weighted by Crippen LogP contribution is 2.39. The molecule has 4 nitrogen and oxygen atoms in total. The van der Waals surface area contributed by atoms with E-state index in [-0.39, 0.29) is 23.4 Å². The molecule has 0 amide bonds. The molecule has 2 saturated heterocycles. The van der Waals surface area contributed by atoms with E-state index in [9.17, 15) is 0 Å². The van der Waals surface area contributed by atoms with Gasteiger partial charge in [-0.3, -0.25) is 0 Å². The fourth-order valence-electron chi connectivity index (χ4n) is 2.72. The zero-order valence-electron chi connectivity index (χ0n) is 11.4. The first-order valence-electron chi connectivity index (χ1n) is 6.53. The zero-order chi connectivity index (χ0) is 12.5. The molecule has 2 aliphatic heterocycles. The second-order valence-corrected chi connectivity index (χ2v) is 6.19. The molecule has 17 heavy (non-hydrogen) atoms. The van der Waals surface area contributed by atoms with Gasteiger partial charge in [-0.05, 0) is 27.7 Å². The molecule has 4 heteroatoms. The highest BCUT2D eigenvalue weighted by atomic mass is 16.6. The first-order chi connectivity index (χ1) is 7.89. The van der Waals surface area contributed by atoms with Crippen LogP contribution in [0.25, 0.3) is 0 Å². The smallest absolute Gasteiger partial charge is 0.0933 e. The summed E-state index contributed by atoms with van der Waals surface area (Å²) in [4.78, 5) is 0. The molecule has 2 fully saturated rings. The average Bonchev–Trinajstić information content (AvgIpc) is 2.45. The highest BCUT2D eigenvalue weighted by molar-refractivity contribution is 4.95. The molecule has 0 aromatic rings. The maximum atomic E-state index is 6.01. The van der Waals surface area contributed by atoms with E-state index in [0.717, 1.165) is 26.1 Å². The van der Waals surface area contributed by atoms with Crippen molar-refractivity contribution in [1.29, 1.82) is 0 Å². The Morgan fingerprint density at radius 3 is 2.59 bits per heavy atom. The molecule has 2 heterocycles. The summed E-state index contributed by atoms with van der Waals surface area (Å²) in [5, 5.41) is 3.31. The van der Waals surface area contributed by atoms with Crippen molar-refractivity contribution in [3.63, 3.8) is 0 Å². The van der Waals surface area contributed by atoms with Crippen molar-refractivity contribution in [1.82, 2.24) is 5.32 Å². The lowest BCUT2D eigenvalue weighted by molar-refractivity contribution is -0.119. The first-order valence-corrected chi connectivity index (χ1v) is 6.53. The Morgan fingerprint density at radius 1 is 1.29 bits per heavy atom. The van der Waals surface area contributed by atoms with Crippen LogP contribution >= 0.6 is 0 Å². The molecule has 2 aliphatic rings. The van der Waals surface area contributed by atoms with Gasteiger partial charge < -0.3 is 19.5 Å². The van der Waals surface area contributed by atoms with E-state index in [2.05, 4.69) is 33.0 Å². The van der Waals surface area contributed by atoms with Crippen molar-refractivity contribution in [2.45, 2.75) is 57.5 Å². The molecular formula is C13H25NO3. The molecule has 0 spiro atoms. The van der Waals surface area contributed by atoms with Crippen LogP contribution in [0.4, 0.5) is 0 Å². The Bertz CT molecular complexity index is 259. The van der Waals surface area contributed by atoms with Crippen LogP contribution in [0.2, 0.25) is 0 Å². The normalized spacial score (nSPS) is 36.0. The minimum absolute atomic E-state index is 0.0835. The van der Waals surface area contributed by atoms with Gasteiger partial charge in [-0.2, -0.15) is 0 Å². The number of ether oxygens (including phenoxy) is 3. The van der Waals surface area contributed by atoms with E-state index < -0.39 is 0 Å². The van der Waals surface area contributed by atoms with Gasteiger partial charge in [-0.25, -0.2) is 0 Å². The zero-order valence-corrected chi connectivity index (χ0v) is 11.4. The molecule has 0 aromatic heterocycles. The highest BCUT2D eigenvalue weighted by Gasteiger charge is 2.46. The summed E-state index contributed by atoms with van der Waals surface area (Å²) < 4.78 is 17.6. The van der Waals surface area contributed by atoms with Gasteiger partial charge in [0.2, 0.25) is 0 Å². The van der Waals surface area contributed by atoms with Crippen LogP contribution in [-0.4, -0.2) is 49.7 Å². The minimum atomic E-state index is -0.203. The second kappa shape index (κ2) is 4.84. The number of hydrogen-bond acceptors (Lipinski definition) is 4. The Balaban J connectivity index is 1.82. The van der Waals surface area contributed by atoms with Crippen LogP contribution in [0.15, 0.2) is 0 Å². The van der Waals surface area contributed by atoms with Gasteiger partial charge >= 0.3 is 0 Å². The Kier molecular flexibility index (Phi) is 3.78. The third-order valence-corrected chi connectivity index (χ3v) is 3.48. The molecule has 0 bridgehead atoms. The average molecular weight is 243 g/mol. The number of morpholine rings is 1. The topological polar surface area (TPSA) is 39.7 Å². The fraction of sp³-hybridized carbons (Fsp3) is 1.00. The predicted molar refractivity (Wildman–Crippen MR) is 66.2 cm³/mol. The largest absolute Gasteiger partial charge is 0.373 e. The Labute approximate surface area is 104 Å². The van der Waals surface area contributed by atoms with Crippen molar-refractivity contribution in [3.8, 4) is 0 Å². The molecule has 100 valence electrons. The van der Waals surface area contributed by atoms with Crippen LogP contribution in [0.1, 0.15) is 34.1 Å². The molecule has 2 unspecified atom stereocenters. The van der Waals surface area contributed by atoms with Gasteiger partial charge in [0.05, 0.1) is 36.6 Å². The van der Waals surface area contributed by atoms with Crippen LogP contribution in [0.3, 0.4) is 0 Å². The number of rotatable bonds is 3. The van der Waals surface area contributed by atoms with E-state index in [4.69, 9.17) is 14.2 Å². The van der Waals surface area contributed by atoms with Gasteiger partial charge in [-0.15, -0.1) is 0 Å². The summed E-state index contributed by atoms with van der Waals surface area (Å²) in [6, 6.07) is 0. The molecule has 2 rings (SSSR count). The summed E-state index contributed by atoms with van der Waals surface area (Å²) in [7, 11) is 0. The number of hydrogen-bond donors (Lipinski definition) is 1. The summed E-state index contributed by atoms with van der Waals surface area (Å²) in [5.41, 5.74) is -0.286. The summed E-state index contributed by atoms with van der Waals surface area (Å²) >= 11 is 0. The molecule has 0 radical (unpaired) electrons. The third-order valence-electron chi connectivity index (χ3n) is 3.48. The van der Waals surface area contributed by atoms with Crippen LogP contribution in [-0.2, 0) is 14.2 Å². The summed E-state index contributed by atoms with van der Waals surface area (Å²) in [6.07, 6.45) is 1.28. The quantitative estimate of drug-likeness (QED) is 0.812. The molecular weight excluding hydrogens is 218 g/mol. The van der Waals surface area contributed by atoms with Gasteiger partial charge in [0.1, 0.15) is 0 Å². The first kappa shape index (κ1) is 13.3. The van der Waals surface area contributed by atoms with Crippen molar-refractivity contribution >= 4 is 0 Å². The van der Waals surface area contributed by atoms with E-state index >= 15 is 0 Å². The van der Waals surface area contributed by atoms with Crippen LogP contribution in [0, 0.1) is 0 Å². The van der Waals surface area contributed by atoms with E-state index in [1.807, 2.05) is 0 Å². The fourth-order valence-corrected chi connectivity index (χ4v) is 2.72. The number of nitrogens with one attached hydrogen (secondary N) is 1. The van der Waals surface area contributed by atoms with Gasteiger partial charge in [0.15, 0.2) is 0 Å². The van der Waals surface area contributed by atoms with Crippen molar-refractivity contribution < 1.29 is 14.2 Å². The minimum Gasteiger partial charge on any atom is -0.373 e. The molecule has 2 atom stereocenters. The van der Waals surface area contributed by atoms with Crippen LogP contribution < -0.4 is 5.32 Å². The van der Waals surface area contributed by atoms with Crippen molar-refractivity contribution in [3.05, 3.63) is 0 Å². The maximum absolute atomic E-state index is 6.01. The molecule has 1 N–H and O–H groups in total. The molecule has 0 aromatic carbocycles. The van der Waals surface area contributed by atoms with E-state index in [1.54, 1.807) is 0 Å². The van der Waals surface area contributed by atoms with E-state index in [0.29, 0.717) is 6.61 Å². The van der Waals surface area contributed by atoms with Crippen molar-refractivity contribution in [2.75, 3.05) is 26.3 Å². The standard InChI is InChI=1S/C13H25NO3/c1-12(2)7-11(13(3,4)17-12)16-9-10-8-14-5-6-15-10/h10-11,14H,5-9H2,1-4H3. The van der Waals surface area contributed by atoms with Crippen molar-refractivity contribution in [2.24, 2.45) is 0 Å². The second-order valence-electron chi connectivity index (χ2n) is 6.19. The SMILES string of the molecule is CC1(C)CC(OCC2CNCCO2)C(C)(C)O1. The summed E-state index contributed by atoms with van der Waals surface area (Å²) in [5.74, 6) is 0. The molecule has 0 saturated carbocycles. The lowest BCUT2D eigenvalue weighted by Gasteiger charge is -2.29. The van der Waals surface area contributed by atoms with Gasteiger partial charge in [-0.1, -0.05) is 0 Å². The van der Waals surface area contributed by atoms with E-state index in [1.165, 1.54) is 0 Å². The lowest BCUT2D eigenvalue weighted by Crippen LogP contribution is -2.43. The maximum Gasteiger partial charge on any atom is 0.0933 e. The molecule has 0 aliphatic carbocycles. The van der Waals surface area contributed by atoms with Gasteiger partial charge in [0.25, 0.3) is 0 Å². The van der Waals surface area contributed by atoms with Gasteiger partial charge in [0, 0.05) is 19.5 Å². The third kappa shape index (κ3) is 3.41. The Morgan fingerprint density at radius 2 is 2.06 bits per heavy atom. The summed E-state index contributed by atoms with van der Waals surface area (Å²) in [6.45, 7) is 11.7.